The fourth-order valence-corrected chi connectivity index (χ4v) is 4.18. The van der Waals surface area contributed by atoms with Crippen LogP contribution in [0.15, 0.2) is 24.3 Å². The van der Waals surface area contributed by atoms with Gasteiger partial charge in [-0.25, -0.2) is 0 Å². The molecule has 2 aliphatic rings. The number of carbonyl (C=O) groups excluding carboxylic acids is 3. The lowest BCUT2D eigenvalue weighted by Gasteiger charge is -2.34. The molecule has 2 saturated heterocycles. The first-order chi connectivity index (χ1) is 15.2. The quantitative estimate of drug-likeness (QED) is 0.655. The number of aliphatic hydroxyl groups is 1. The fraction of sp³-hybridized carbons (Fsp3) is 0.522. The summed E-state index contributed by atoms with van der Waals surface area (Å²) in [6.45, 7) is 4.42. The smallest absolute Gasteiger partial charge is 0.246 e. The van der Waals surface area contributed by atoms with Gasteiger partial charge in [0.2, 0.25) is 17.7 Å². The minimum atomic E-state index is -0.496. The molecule has 1 aromatic carbocycles. The molecule has 2 atom stereocenters. The van der Waals surface area contributed by atoms with Crippen molar-refractivity contribution in [1.29, 1.82) is 0 Å². The Kier molecular flexibility index (Phi) is 8.57. The average Bonchev–Trinajstić information content (AvgIpc) is 2.96. The standard InChI is InChI=1S/C23H29Cl2N3O4/c1-16-6-9-28(15-20(16)29)23(32)8-11-27-13-12-26(10-7-22(27)31)21(30)5-3-17-2-4-18(24)19(25)14-17/h2-5,14,16,20,29H,6-13,15H2,1H3. The molecule has 2 fully saturated rings. The zero-order valence-electron chi connectivity index (χ0n) is 18.2. The molecule has 1 N–H and O–H groups in total. The first-order valence-corrected chi connectivity index (χ1v) is 11.7. The first kappa shape index (κ1) is 24.6. The number of aliphatic hydroxyl groups excluding tert-OH is 1. The Bertz CT molecular complexity index is 892. The van der Waals surface area contributed by atoms with Crippen LogP contribution in [0.5, 0.6) is 0 Å². The maximum atomic E-state index is 12.6. The third-order valence-corrected chi connectivity index (χ3v) is 6.87. The second-order valence-corrected chi connectivity index (χ2v) is 9.20. The number of benzene rings is 1. The number of halogens is 2. The molecule has 0 bridgehead atoms. The molecule has 2 heterocycles. The molecule has 32 heavy (non-hydrogen) atoms. The van der Waals surface area contributed by atoms with Crippen molar-refractivity contribution < 1.29 is 19.5 Å². The number of nitrogens with zero attached hydrogens (tertiary/aromatic N) is 3. The molecule has 0 spiro atoms. The lowest BCUT2D eigenvalue weighted by Crippen LogP contribution is -2.46. The van der Waals surface area contributed by atoms with Crippen LogP contribution in [0, 0.1) is 5.92 Å². The molecule has 9 heteroatoms. The molecule has 3 rings (SSSR count). The van der Waals surface area contributed by atoms with E-state index in [1.165, 1.54) is 6.08 Å². The molecule has 0 saturated carbocycles. The van der Waals surface area contributed by atoms with Gasteiger partial charge in [0, 0.05) is 58.2 Å². The van der Waals surface area contributed by atoms with Gasteiger partial charge in [-0.1, -0.05) is 36.2 Å². The molecule has 174 valence electrons. The summed E-state index contributed by atoms with van der Waals surface area (Å²) in [7, 11) is 0. The molecular formula is C23H29Cl2N3O4. The van der Waals surface area contributed by atoms with E-state index in [1.807, 2.05) is 6.92 Å². The van der Waals surface area contributed by atoms with Gasteiger partial charge in [0.05, 0.1) is 16.1 Å². The number of likely N-dealkylation sites (tertiary alicyclic amines) is 1. The van der Waals surface area contributed by atoms with E-state index in [9.17, 15) is 19.5 Å². The number of piperidine rings is 1. The highest BCUT2D eigenvalue weighted by Crippen LogP contribution is 2.23. The fourth-order valence-electron chi connectivity index (χ4n) is 3.88. The van der Waals surface area contributed by atoms with E-state index >= 15 is 0 Å². The van der Waals surface area contributed by atoms with Crippen molar-refractivity contribution in [2.75, 3.05) is 39.3 Å². The summed E-state index contributed by atoms with van der Waals surface area (Å²) in [5.41, 5.74) is 0.760. The van der Waals surface area contributed by atoms with Gasteiger partial charge in [-0.2, -0.15) is 0 Å². The summed E-state index contributed by atoms with van der Waals surface area (Å²) < 4.78 is 0. The molecule has 3 amide bonds. The highest BCUT2D eigenvalue weighted by Gasteiger charge is 2.28. The second-order valence-electron chi connectivity index (χ2n) is 8.39. The SMILES string of the molecule is CC1CCN(C(=O)CCN2CCN(C(=O)C=Cc3ccc(Cl)c(Cl)c3)CCC2=O)CC1O. The van der Waals surface area contributed by atoms with Crippen molar-refractivity contribution in [3.63, 3.8) is 0 Å². The van der Waals surface area contributed by atoms with E-state index in [-0.39, 0.29) is 36.5 Å². The van der Waals surface area contributed by atoms with Gasteiger partial charge < -0.3 is 19.8 Å². The Hall–Kier alpha value is -2.09. The van der Waals surface area contributed by atoms with Crippen molar-refractivity contribution in [1.82, 2.24) is 14.7 Å². The van der Waals surface area contributed by atoms with Crippen LogP contribution in [0.25, 0.3) is 6.08 Å². The van der Waals surface area contributed by atoms with Crippen LogP contribution in [0.2, 0.25) is 10.0 Å². The largest absolute Gasteiger partial charge is 0.391 e. The summed E-state index contributed by atoms with van der Waals surface area (Å²) >= 11 is 11.9. The van der Waals surface area contributed by atoms with Gasteiger partial charge in [0.15, 0.2) is 0 Å². The predicted molar refractivity (Wildman–Crippen MR) is 124 cm³/mol. The summed E-state index contributed by atoms with van der Waals surface area (Å²) in [6.07, 6.45) is 3.86. The number of β-amino-alcohol motifs (C(OH)–C–C–N with tert-alkyl or cyclic N) is 1. The van der Waals surface area contributed by atoms with Crippen molar-refractivity contribution in [3.05, 3.63) is 39.9 Å². The number of hydrogen-bond acceptors (Lipinski definition) is 4. The lowest BCUT2D eigenvalue weighted by molar-refractivity contribution is -0.137. The van der Waals surface area contributed by atoms with Gasteiger partial charge >= 0.3 is 0 Å². The molecular weight excluding hydrogens is 453 g/mol. The third kappa shape index (κ3) is 6.47. The summed E-state index contributed by atoms with van der Waals surface area (Å²) in [5.74, 6) is -0.0990. The Morgan fingerprint density at radius 1 is 1.12 bits per heavy atom. The summed E-state index contributed by atoms with van der Waals surface area (Å²) in [4.78, 5) is 42.5. The Morgan fingerprint density at radius 2 is 1.91 bits per heavy atom. The summed E-state index contributed by atoms with van der Waals surface area (Å²) in [6, 6.07) is 5.12. The topological polar surface area (TPSA) is 81.2 Å². The van der Waals surface area contributed by atoms with Crippen LogP contribution >= 0.6 is 23.2 Å². The normalized spacial score (nSPS) is 22.4. The maximum Gasteiger partial charge on any atom is 0.246 e. The number of rotatable bonds is 5. The molecule has 0 aromatic heterocycles. The van der Waals surface area contributed by atoms with Crippen LogP contribution in [0.3, 0.4) is 0 Å². The zero-order chi connectivity index (χ0) is 23.3. The Morgan fingerprint density at radius 3 is 2.62 bits per heavy atom. The Labute approximate surface area is 198 Å². The van der Waals surface area contributed by atoms with E-state index in [0.29, 0.717) is 49.3 Å². The molecule has 2 aliphatic heterocycles. The molecule has 1 aromatic rings. The van der Waals surface area contributed by atoms with Crippen molar-refractivity contribution in [3.8, 4) is 0 Å². The highest BCUT2D eigenvalue weighted by atomic mass is 35.5. The van der Waals surface area contributed by atoms with Crippen LogP contribution in [0.1, 0.15) is 31.7 Å². The van der Waals surface area contributed by atoms with E-state index in [0.717, 1.165) is 12.0 Å². The van der Waals surface area contributed by atoms with Crippen LogP contribution in [-0.4, -0.2) is 82.9 Å². The average molecular weight is 482 g/mol. The van der Waals surface area contributed by atoms with Gasteiger partial charge in [-0.05, 0) is 36.1 Å². The zero-order valence-corrected chi connectivity index (χ0v) is 19.7. The molecule has 2 unspecified atom stereocenters. The van der Waals surface area contributed by atoms with Crippen molar-refractivity contribution >= 4 is 47.0 Å². The first-order valence-electron chi connectivity index (χ1n) is 10.9. The molecule has 0 radical (unpaired) electrons. The Balaban J connectivity index is 1.49. The van der Waals surface area contributed by atoms with Crippen molar-refractivity contribution in [2.24, 2.45) is 5.92 Å². The third-order valence-electron chi connectivity index (χ3n) is 6.13. The lowest BCUT2D eigenvalue weighted by atomic mass is 9.96. The van der Waals surface area contributed by atoms with Gasteiger partial charge in [-0.3, -0.25) is 14.4 Å². The van der Waals surface area contributed by atoms with Crippen molar-refractivity contribution in [2.45, 2.75) is 32.3 Å². The molecule has 7 nitrogen and oxygen atoms in total. The number of carbonyl (C=O) groups is 3. The number of amides is 3. The minimum absolute atomic E-state index is 0.0505. The monoisotopic (exact) mass is 481 g/mol. The van der Waals surface area contributed by atoms with E-state index in [1.54, 1.807) is 39.0 Å². The van der Waals surface area contributed by atoms with E-state index in [2.05, 4.69) is 0 Å². The molecule has 0 aliphatic carbocycles. The minimum Gasteiger partial charge on any atom is -0.391 e. The van der Waals surface area contributed by atoms with Gasteiger partial charge in [-0.15, -0.1) is 0 Å². The van der Waals surface area contributed by atoms with Gasteiger partial charge in [0.25, 0.3) is 0 Å². The number of hydrogen-bond donors (Lipinski definition) is 1. The van der Waals surface area contributed by atoms with Crippen LogP contribution in [-0.2, 0) is 14.4 Å². The van der Waals surface area contributed by atoms with Crippen LogP contribution < -0.4 is 0 Å². The highest BCUT2D eigenvalue weighted by molar-refractivity contribution is 6.42. The predicted octanol–water partition coefficient (Wildman–Crippen LogP) is 2.69. The maximum absolute atomic E-state index is 12.6. The summed E-state index contributed by atoms with van der Waals surface area (Å²) in [5, 5.41) is 10.9. The van der Waals surface area contributed by atoms with Gasteiger partial charge in [0.1, 0.15) is 0 Å². The van der Waals surface area contributed by atoms with E-state index in [4.69, 9.17) is 23.2 Å². The second kappa shape index (κ2) is 11.2. The van der Waals surface area contributed by atoms with E-state index < -0.39 is 6.10 Å². The van der Waals surface area contributed by atoms with Crippen LogP contribution in [0.4, 0.5) is 0 Å².